The highest BCUT2D eigenvalue weighted by Gasteiger charge is 2.47. The number of hydrogen-bond donors (Lipinski definition) is 5. The van der Waals surface area contributed by atoms with Crippen LogP contribution < -0.4 is 0 Å². The second-order valence-corrected chi connectivity index (χ2v) is 9.37. The molecule has 0 radical (unpaired) electrons. The van der Waals surface area contributed by atoms with Crippen LogP contribution in [0.3, 0.4) is 0 Å². The molecule has 0 amide bonds. The molecule has 43 heavy (non-hydrogen) atoms. The Balaban J connectivity index is 2.19. The maximum Gasteiger partial charge on any atom is 0.186 e. The number of rotatable bonds is 17. The summed E-state index contributed by atoms with van der Waals surface area (Å²) in [6, 6.07) is -3.53. The first-order valence-corrected chi connectivity index (χ1v) is 12.8. The summed E-state index contributed by atoms with van der Waals surface area (Å²) in [4.78, 5) is 10.8. The molecule has 5 unspecified atom stereocenters. The van der Waals surface area contributed by atoms with Gasteiger partial charge in [0.2, 0.25) is 0 Å². The van der Waals surface area contributed by atoms with Gasteiger partial charge in [0, 0.05) is 33.9 Å². The molecule has 2 aliphatic heterocycles. The number of hydrogen-bond acceptors (Lipinski definition) is 15. The summed E-state index contributed by atoms with van der Waals surface area (Å²) < 4.78 is 32.8. The second-order valence-electron chi connectivity index (χ2n) is 9.37. The minimum Gasteiger partial charge on any atom is -0.394 e. The largest absolute Gasteiger partial charge is 0.394 e. The van der Waals surface area contributed by atoms with Gasteiger partial charge in [-0.3, -0.25) is 0 Å². The first-order valence-electron chi connectivity index (χ1n) is 12.8. The van der Waals surface area contributed by atoms with Gasteiger partial charge in [0.15, 0.2) is 12.6 Å². The lowest BCUT2D eigenvalue weighted by atomic mass is 9.97. The number of nitrogens with zero attached hydrogens (tertiary/aromatic N) is 12. The molecule has 2 rings (SSSR count). The molecule has 0 aromatic heterocycles. The van der Waals surface area contributed by atoms with Gasteiger partial charge in [-0.15, -0.1) is 0 Å². The lowest BCUT2D eigenvalue weighted by Crippen LogP contribution is -2.60. The van der Waals surface area contributed by atoms with Crippen molar-refractivity contribution in [3.8, 4) is 0 Å². The van der Waals surface area contributed by atoms with E-state index in [0.717, 1.165) is 0 Å². The molecule has 23 nitrogen and oxygen atoms in total. The van der Waals surface area contributed by atoms with Crippen LogP contribution in [0.1, 0.15) is 6.42 Å². The Morgan fingerprint density at radius 2 is 1.53 bits per heavy atom. The lowest BCUT2D eigenvalue weighted by molar-refractivity contribution is -0.308. The zero-order chi connectivity index (χ0) is 31.9. The van der Waals surface area contributed by atoms with E-state index in [0.29, 0.717) is 0 Å². The van der Waals surface area contributed by atoms with Gasteiger partial charge in [-0.2, -0.15) is 0 Å². The fraction of sp³-hybridized carbons (Fsp3) is 1.00. The van der Waals surface area contributed by atoms with Crippen LogP contribution in [0.5, 0.6) is 0 Å². The van der Waals surface area contributed by atoms with Gasteiger partial charge in [-0.05, 0) is 28.5 Å². The number of azide groups is 4. The van der Waals surface area contributed by atoms with Gasteiger partial charge in [0.1, 0.15) is 30.5 Å². The SMILES string of the molecule is COC[C@H]1OC(OC[C@@H](CC(N=[N+]=[N-])[C@H](CO)O[C@H]2OC(CN=[N+]=[N-])[C@@H](O)[C@H](O)C2O)N=[N+]=[N-])[C@H](O)C(N=[N+]=[N-])[C@@H]1OC. The Bertz CT molecular complexity index is 1070. The molecule has 23 heteroatoms. The molecule has 0 aromatic rings. The molecule has 0 spiro atoms. The van der Waals surface area contributed by atoms with Crippen molar-refractivity contribution in [3.05, 3.63) is 41.8 Å². The monoisotopic (exact) mass is 618 g/mol. The Kier molecular flexibility index (Phi) is 15.5. The number of methoxy groups -OCH3 is 2. The minimum atomic E-state index is -1.82. The number of aliphatic hydroxyl groups excluding tert-OH is 5. The highest BCUT2D eigenvalue weighted by molar-refractivity contribution is 4.96. The Morgan fingerprint density at radius 3 is 2.12 bits per heavy atom. The average Bonchev–Trinajstić information content (AvgIpc) is 3.00. The number of aliphatic hydroxyl groups is 5. The third-order valence-corrected chi connectivity index (χ3v) is 6.72. The summed E-state index contributed by atoms with van der Waals surface area (Å²) in [5.74, 6) is 0. The van der Waals surface area contributed by atoms with Crippen LogP contribution in [0.4, 0.5) is 0 Å². The van der Waals surface area contributed by atoms with Crippen molar-refractivity contribution in [1.82, 2.24) is 0 Å². The minimum absolute atomic E-state index is 0.0126. The molecule has 0 bridgehead atoms. The maximum absolute atomic E-state index is 10.7. The summed E-state index contributed by atoms with van der Waals surface area (Å²) in [7, 11) is 2.73. The first kappa shape index (κ1) is 36.0. The summed E-state index contributed by atoms with van der Waals surface area (Å²) in [5.41, 5.74) is 35.8. The fourth-order valence-corrected chi connectivity index (χ4v) is 4.60. The zero-order valence-electron chi connectivity index (χ0n) is 23.1. The van der Waals surface area contributed by atoms with Crippen LogP contribution in [0.25, 0.3) is 41.8 Å². The van der Waals surface area contributed by atoms with Crippen molar-refractivity contribution in [3.63, 3.8) is 0 Å². The molecule has 2 saturated heterocycles. The molecular weight excluding hydrogens is 584 g/mol. The molecule has 2 aliphatic rings. The molecule has 0 aliphatic carbocycles. The topological polar surface area (TPSA) is 352 Å². The van der Waals surface area contributed by atoms with E-state index in [1.165, 1.54) is 14.2 Å². The predicted molar refractivity (Wildman–Crippen MR) is 139 cm³/mol. The van der Waals surface area contributed by atoms with E-state index in [4.69, 9.17) is 50.5 Å². The first-order chi connectivity index (χ1) is 20.7. The quantitative estimate of drug-likeness (QED) is 0.0797. The van der Waals surface area contributed by atoms with Crippen molar-refractivity contribution in [2.45, 2.75) is 86.0 Å². The highest BCUT2D eigenvalue weighted by atomic mass is 16.7. The van der Waals surface area contributed by atoms with E-state index >= 15 is 0 Å². The van der Waals surface area contributed by atoms with E-state index in [-0.39, 0.29) is 13.0 Å². The molecule has 2 heterocycles. The lowest BCUT2D eigenvalue weighted by Gasteiger charge is -2.42. The van der Waals surface area contributed by atoms with E-state index in [1.807, 2.05) is 0 Å². The van der Waals surface area contributed by atoms with Crippen molar-refractivity contribution >= 4 is 0 Å². The van der Waals surface area contributed by atoms with Gasteiger partial charge in [0.25, 0.3) is 0 Å². The zero-order valence-corrected chi connectivity index (χ0v) is 23.1. The summed E-state index contributed by atoms with van der Waals surface area (Å²) in [6.07, 6.45) is -14.5. The fourth-order valence-electron chi connectivity index (χ4n) is 4.60. The molecule has 13 atom stereocenters. The highest BCUT2D eigenvalue weighted by Crippen LogP contribution is 2.28. The second kappa shape index (κ2) is 18.5. The smallest absolute Gasteiger partial charge is 0.186 e. The van der Waals surface area contributed by atoms with Crippen LogP contribution in [-0.2, 0) is 28.4 Å². The van der Waals surface area contributed by atoms with Crippen molar-refractivity contribution in [2.24, 2.45) is 20.5 Å². The van der Waals surface area contributed by atoms with Crippen LogP contribution in [0.15, 0.2) is 20.5 Å². The van der Waals surface area contributed by atoms with Crippen molar-refractivity contribution in [2.75, 3.05) is 40.6 Å². The van der Waals surface area contributed by atoms with E-state index in [2.05, 4.69) is 40.1 Å². The van der Waals surface area contributed by atoms with E-state index in [1.54, 1.807) is 0 Å². The molecule has 240 valence electrons. The summed E-state index contributed by atoms with van der Waals surface area (Å²) >= 11 is 0. The van der Waals surface area contributed by atoms with E-state index < -0.39 is 99.3 Å². The molecule has 0 saturated carbocycles. The van der Waals surface area contributed by atoms with Gasteiger partial charge in [-0.1, -0.05) is 20.5 Å². The molecular formula is C20H34N12O11. The Labute approximate surface area is 243 Å². The molecule has 0 aromatic carbocycles. The average molecular weight is 619 g/mol. The van der Waals surface area contributed by atoms with Crippen molar-refractivity contribution in [1.29, 1.82) is 0 Å². The maximum atomic E-state index is 10.7. The Morgan fingerprint density at radius 1 is 0.837 bits per heavy atom. The van der Waals surface area contributed by atoms with Crippen LogP contribution in [0, 0.1) is 0 Å². The molecule has 2 fully saturated rings. The van der Waals surface area contributed by atoms with Crippen LogP contribution in [0.2, 0.25) is 0 Å². The normalized spacial score (nSPS) is 34.3. The standard InChI is InChI=1S/C20H34N12O11/c1-38-7-12-18(39-2)13(28-32-24)15(35)19(43-12)40-6-8(26-30-22)3-9(27-31-23)11(5-33)42-20-17(37)16(36)14(34)10(41-20)4-25-29-21/h8-20,33-37H,3-7H2,1-2H3/t8-,9?,10?,11+,12-,13?,14-,15-,16+,17?,18-,19?,20-/m1/s1. The van der Waals surface area contributed by atoms with Gasteiger partial charge in [-0.25, -0.2) is 0 Å². The van der Waals surface area contributed by atoms with E-state index in [9.17, 15) is 25.5 Å². The Hall–Kier alpha value is -3.20. The van der Waals surface area contributed by atoms with Gasteiger partial charge >= 0.3 is 0 Å². The summed E-state index contributed by atoms with van der Waals surface area (Å²) in [5, 5.41) is 65.5. The van der Waals surface area contributed by atoms with Crippen molar-refractivity contribution < 1.29 is 54.0 Å². The summed E-state index contributed by atoms with van der Waals surface area (Å²) in [6.45, 7) is -1.67. The van der Waals surface area contributed by atoms with Crippen LogP contribution in [-0.4, -0.2) is 146 Å². The van der Waals surface area contributed by atoms with Crippen LogP contribution >= 0.6 is 0 Å². The third kappa shape index (κ3) is 9.65. The van der Waals surface area contributed by atoms with Gasteiger partial charge in [0.05, 0.1) is 62.8 Å². The molecule has 5 N–H and O–H groups in total. The number of ether oxygens (including phenoxy) is 6. The predicted octanol–water partition coefficient (Wildman–Crippen LogP) is -0.328. The van der Waals surface area contributed by atoms with Gasteiger partial charge < -0.3 is 54.0 Å². The third-order valence-electron chi connectivity index (χ3n) is 6.72.